The first-order valence-electron chi connectivity index (χ1n) is 13.9. The first-order chi connectivity index (χ1) is 18.2. The lowest BCUT2D eigenvalue weighted by atomic mass is 9.82. The van der Waals surface area contributed by atoms with Crippen LogP contribution in [0.25, 0.3) is 0 Å². The number of unbranched alkanes of at least 4 members (excludes halogenated alkanes) is 6. The molecule has 0 heterocycles. The van der Waals surface area contributed by atoms with E-state index < -0.39 is 21.8 Å². The van der Waals surface area contributed by atoms with E-state index in [1.165, 1.54) is 6.07 Å². The summed E-state index contributed by atoms with van der Waals surface area (Å²) in [6.45, 7) is 5.98. The van der Waals surface area contributed by atoms with Gasteiger partial charge in [-0.15, -0.1) is 0 Å². The summed E-state index contributed by atoms with van der Waals surface area (Å²) in [6, 6.07) is 9.17. The Balaban J connectivity index is 1.90. The maximum Gasteiger partial charge on any atom is 0.232 e. The van der Waals surface area contributed by atoms with Crippen LogP contribution in [0, 0.1) is 0 Å². The van der Waals surface area contributed by atoms with Gasteiger partial charge < -0.3 is 5.32 Å². The molecular weight excluding hydrogens is 500 g/mol. The summed E-state index contributed by atoms with van der Waals surface area (Å²) in [4.78, 5) is 39.9. The molecule has 0 radical (unpaired) electrons. The van der Waals surface area contributed by atoms with Gasteiger partial charge in [-0.1, -0.05) is 90.0 Å². The maximum absolute atomic E-state index is 13.9. The molecule has 1 aliphatic rings. The van der Waals surface area contributed by atoms with Crippen molar-refractivity contribution in [2.24, 2.45) is 0 Å². The lowest BCUT2D eigenvalue weighted by Gasteiger charge is -2.25. The van der Waals surface area contributed by atoms with Gasteiger partial charge in [-0.05, 0) is 25.0 Å². The van der Waals surface area contributed by atoms with Gasteiger partial charge in [-0.3, -0.25) is 19.1 Å². The van der Waals surface area contributed by atoms with Crippen molar-refractivity contribution in [2.45, 2.75) is 91.0 Å². The number of nitrogens with one attached hydrogen (secondary N) is 2. The number of fused-ring (bicyclic) bond motifs is 2. The van der Waals surface area contributed by atoms with E-state index >= 15 is 0 Å². The molecule has 1 aliphatic carbocycles. The quantitative estimate of drug-likeness (QED) is 0.200. The molecule has 0 amide bonds. The van der Waals surface area contributed by atoms with Gasteiger partial charge in [-0.2, -0.15) is 0 Å². The van der Waals surface area contributed by atoms with E-state index in [9.17, 15) is 22.8 Å². The summed E-state index contributed by atoms with van der Waals surface area (Å²) in [5.41, 5.74) is 1.18. The second-order valence-electron chi connectivity index (χ2n) is 9.96. The van der Waals surface area contributed by atoms with Crippen molar-refractivity contribution >= 4 is 38.7 Å². The van der Waals surface area contributed by atoms with Gasteiger partial charge in [0.15, 0.2) is 17.3 Å². The predicted molar refractivity (Wildman–Crippen MR) is 153 cm³/mol. The van der Waals surface area contributed by atoms with Crippen LogP contribution in [0.1, 0.15) is 117 Å². The first-order valence-corrected chi connectivity index (χ1v) is 15.5. The SMILES string of the molecule is CCCCCCCCS(=O)(=O)Nc1cccc2c1C(=O)c1c(NC(CCCC)C(=O)CC)cccc1C2=O. The molecule has 8 heteroatoms. The lowest BCUT2D eigenvalue weighted by Crippen LogP contribution is -2.31. The third-order valence-corrected chi connectivity index (χ3v) is 8.37. The molecule has 0 spiro atoms. The second-order valence-corrected chi connectivity index (χ2v) is 11.8. The van der Waals surface area contributed by atoms with Gasteiger partial charge in [0.2, 0.25) is 10.0 Å². The minimum absolute atomic E-state index is 0.0363. The zero-order chi connectivity index (χ0) is 27.7. The van der Waals surface area contributed by atoms with E-state index in [0.717, 1.165) is 44.9 Å². The Morgan fingerprint density at radius 1 is 0.763 bits per heavy atom. The van der Waals surface area contributed by atoms with Crippen molar-refractivity contribution in [2.75, 3.05) is 15.8 Å². The Labute approximate surface area is 226 Å². The molecule has 0 aromatic heterocycles. The van der Waals surface area contributed by atoms with E-state index in [0.29, 0.717) is 24.9 Å². The number of anilines is 2. The Morgan fingerprint density at radius 3 is 1.97 bits per heavy atom. The number of hydrogen-bond donors (Lipinski definition) is 2. The van der Waals surface area contributed by atoms with Gasteiger partial charge in [0, 0.05) is 23.2 Å². The third kappa shape index (κ3) is 7.10. The molecule has 0 saturated heterocycles. The highest BCUT2D eigenvalue weighted by Crippen LogP contribution is 2.36. The fourth-order valence-corrected chi connectivity index (χ4v) is 6.09. The van der Waals surface area contributed by atoms with Crippen LogP contribution in [0.4, 0.5) is 11.4 Å². The molecule has 0 bridgehead atoms. The Bertz CT molecular complexity index is 1270. The number of Topliss-reactive ketones (excluding diaryl/α,β-unsaturated/α-hetero) is 1. The van der Waals surface area contributed by atoms with Crippen molar-refractivity contribution in [3.63, 3.8) is 0 Å². The Kier molecular flexibility index (Phi) is 10.6. The summed E-state index contributed by atoms with van der Waals surface area (Å²) in [6.07, 6.45) is 8.45. The summed E-state index contributed by atoms with van der Waals surface area (Å²) < 4.78 is 28.3. The molecule has 1 unspecified atom stereocenters. The van der Waals surface area contributed by atoms with Gasteiger partial charge in [0.1, 0.15) is 0 Å². The molecule has 0 aliphatic heterocycles. The highest BCUT2D eigenvalue weighted by atomic mass is 32.2. The van der Waals surface area contributed by atoms with Gasteiger partial charge in [0.25, 0.3) is 0 Å². The van der Waals surface area contributed by atoms with E-state index in [1.807, 2.05) is 6.92 Å². The summed E-state index contributed by atoms with van der Waals surface area (Å²) in [5.74, 6) is -0.794. The van der Waals surface area contributed by atoms with Crippen molar-refractivity contribution < 1.29 is 22.8 Å². The highest BCUT2D eigenvalue weighted by Gasteiger charge is 2.35. The van der Waals surface area contributed by atoms with Crippen molar-refractivity contribution in [3.05, 3.63) is 58.7 Å². The largest absolute Gasteiger partial charge is 0.375 e. The Hall–Kier alpha value is -3.00. The average molecular weight is 541 g/mol. The molecule has 3 rings (SSSR count). The molecule has 2 aromatic carbocycles. The molecule has 38 heavy (non-hydrogen) atoms. The summed E-state index contributed by atoms with van der Waals surface area (Å²) >= 11 is 0. The van der Waals surface area contributed by atoms with E-state index in [2.05, 4.69) is 17.0 Å². The molecule has 7 nitrogen and oxygen atoms in total. The van der Waals surface area contributed by atoms with Crippen LogP contribution in [0.5, 0.6) is 0 Å². The minimum Gasteiger partial charge on any atom is -0.375 e. The number of carbonyl (C=O) groups is 3. The number of ketones is 3. The predicted octanol–water partition coefficient (Wildman–Crippen LogP) is 6.51. The zero-order valence-corrected chi connectivity index (χ0v) is 23.6. The van der Waals surface area contributed by atoms with Crippen LogP contribution in [0.2, 0.25) is 0 Å². The van der Waals surface area contributed by atoms with Crippen LogP contribution in [0.3, 0.4) is 0 Å². The number of benzene rings is 2. The van der Waals surface area contributed by atoms with Crippen molar-refractivity contribution in [1.29, 1.82) is 0 Å². The van der Waals surface area contributed by atoms with Crippen LogP contribution in [-0.4, -0.2) is 37.6 Å². The average Bonchev–Trinajstić information content (AvgIpc) is 2.90. The molecule has 206 valence electrons. The zero-order valence-electron chi connectivity index (χ0n) is 22.8. The highest BCUT2D eigenvalue weighted by molar-refractivity contribution is 7.92. The molecular formula is C30H40N2O5S. The van der Waals surface area contributed by atoms with Gasteiger partial charge in [0.05, 0.1) is 28.6 Å². The molecule has 1 atom stereocenters. The molecule has 0 saturated carbocycles. The van der Waals surface area contributed by atoms with E-state index in [-0.39, 0.29) is 45.3 Å². The fraction of sp³-hybridized carbons (Fsp3) is 0.500. The third-order valence-electron chi connectivity index (χ3n) is 7.02. The smallest absolute Gasteiger partial charge is 0.232 e. The van der Waals surface area contributed by atoms with Crippen LogP contribution in [-0.2, 0) is 14.8 Å². The standard InChI is InChI=1S/C30H40N2O5S/c1-4-7-9-10-11-12-20-38(36,37)32-25-19-14-16-22-28(25)30(35)27-21(29(22)34)15-13-18-24(27)31-23(17-8-5-2)26(33)6-3/h13-16,18-19,23,31-32H,4-12,17,20H2,1-3H3. The second kappa shape index (κ2) is 13.7. The molecule has 2 N–H and O–H groups in total. The molecule has 2 aromatic rings. The first kappa shape index (κ1) is 29.6. The summed E-state index contributed by atoms with van der Waals surface area (Å²) in [5, 5.41) is 3.23. The van der Waals surface area contributed by atoms with Crippen molar-refractivity contribution in [1.82, 2.24) is 0 Å². The maximum atomic E-state index is 13.9. The number of sulfonamides is 1. The van der Waals surface area contributed by atoms with Crippen LogP contribution < -0.4 is 10.0 Å². The minimum atomic E-state index is -3.71. The van der Waals surface area contributed by atoms with Gasteiger partial charge in [-0.25, -0.2) is 8.42 Å². The molecule has 0 fully saturated rings. The van der Waals surface area contributed by atoms with Crippen LogP contribution >= 0.6 is 0 Å². The fourth-order valence-electron chi connectivity index (χ4n) is 4.89. The van der Waals surface area contributed by atoms with Gasteiger partial charge >= 0.3 is 0 Å². The topological polar surface area (TPSA) is 109 Å². The number of hydrogen-bond acceptors (Lipinski definition) is 6. The van der Waals surface area contributed by atoms with Crippen molar-refractivity contribution in [3.8, 4) is 0 Å². The normalized spacial score (nSPS) is 13.6. The number of rotatable bonds is 16. The van der Waals surface area contributed by atoms with E-state index in [4.69, 9.17) is 0 Å². The summed E-state index contributed by atoms with van der Waals surface area (Å²) in [7, 11) is -3.71. The lowest BCUT2D eigenvalue weighted by molar-refractivity contribution is -0.119. The number of carbonyl (C=O) groups excluding carboxylic acids is 3. The van der Waals surface area contributed by atoms with E-state index in [1.54, 1.807) is 37.3 Å². The Morgan fingerprint density at radius 2 is 1.34 bits per heavy atom. The van der Waals surface area contributed by atoms with Crippen LogP contribution in [0.15, 0.2) is 36.4 Å². The monoisotopic (exact) mass is 540 g/mol.